The van der Waals surface area contributed by atoms with Gasteiger partial charge in [0.25, 0.3) is 0 Å². The summed E-state index contributed by atoms with van der Waals surface area (Å²) in [5.41, 5.74) is 1.77. The Morgan fingerprint density at radius 1 is 1.02 bits per heavy atom. The summed E-state index contributed by atoms with van der Waals surface area (Å²) >= 11 is 0. The molecule has 2 amide bonds. The molecule has 5 aliphatic heterocycles. The zero-order valence-corrected chi connectivity index (χ0v) is 27.1. The first-order chi connectivity index (χ1) is 22.1. The molecule has 0 aliphatic carbocycles. The molecule has 11 nitrogen and oxygen atoms in total. The number of aromatic nitrogens is 2. The van der Waals surface area contributed by atoms with Crippen molar-refractivity contribution in [3.63, 3.8) is 0 Å². The van der Waals surface area contributed by atoms with Crippen molar-refractivity contribution in [2.24, 2.45) is 0 Å². The molecule has 6 heterocycles. The Morgan fingerprint density at radius 2 is 1.78 bits per heavy atom. The topological polar surface area (TPSA) is 101 Å². The predicted molar refractivity (Wildman–Crippen MR) is 168 cm³/mol. The number of amides is 2. The molecule has 46 heavy (non-hydrogen) atoms. The van der Waals surface area contributed by atoms with Crippen LogP contribution in [0, 0.1) is 0 Å². The first-order valence-electron chi connectivity index (χ1n) is 16.7. The number of halogens is 1. The minimum Gasteiger partial charge on any atom is -0.461 e. The highest BCUT2D eigenvalue weighted by molar-refractivity contribution is 5.71. The van der Waals surface area contributed by atoms with Gasteiger partial charge in [-0.25, -0.2) is 14.0 Å². The van der Waals surface area contributed by atoms with Gasteiger partial charge in [-0.05, 0) is 65.0 Å². The van der Waals surface area contributed by atoms with E-state index in [2.05, 4.69) is 9.80 Å². The van der Waals surface area contributed by atoms with Crippen LogP contribution in [-0.2, 0) is 29.0 Å². The average molecular weight is 637 g/mol. The molecule has 0 saturated carbocycles. The molecular formula is C34H45FN6O5. The number of anilines is 1. The first kappa shape index (κ1) is 31.0. The molecule has 4 saturated heterocycles. The maximum atomic E-state index is 14.5. The SMILES string of the molecule is CC(C)(C)OC(=O)N1CCc2c(nc(OC[C@@]34CCCN3C[C@H](F)C4)nc2N2CC3CCC(C2)N3C(=O)OCc2ccccc2)C1. The largest absolute Gasteiger partial charge is 0.461 e. The number of piperazine rings is 1. The smallest absolute Gasteiger partial charge is 0.410 e. The third-order valence-corrected chi connectivity index (χ3v) is 10.1. The zero-order valence-electron chi connectivity index (χ0n) is 27.1. The Morgan fingerprint density at radius 3 is 2.52 bits per heavy atom. The van der Waals surface area contributed by atoms with Gasteiger partial charge in [-0.2, -0.15) is 9.97 Å². The summed E-state index contributed by atoms with van der Waals surface area (Å²) in [7, 11) is 0. The minimum atomic E-state index is -0.850. The Labute approximate surface area is 270 Å². The van der Waals surface area contributed by atoms with Crippen LogP contribution in [0.4, 0.5) is 19.8 Å². The molecule has 7 rings (SSSR count). The van der Waals surface area contributed by atoms with Crippen molar-refractivity contribution in [1.82, 2.24) is 24.7 Å². The molecule has 0 spiro atoms. The van der Waals surface area contributed by atoms with E-state index in [-0.39, 0.29) is 42.4 Å². The van der Waals surface area contributed by atoms with Crippen molar-refractivity contribution in [1.29, 1.82) is 0 Å². The van der Waals surface area contributed by atoms with E-state index in [9.17, 15) is 14.0 Å². The van der Waals surface area contributed by atoms with Crippen LogP contribution in [0.2, 0.25) is 0 Å². The van der Waals surface area contributed by atoms with E-state index in [1.807, 2.05) is 56.0 Å². The van der Waals surface area contributed by atoms with Crippen LogP contribution in [0.25, 0.3) is 0 Å². The molecule has 248 valence electrons. The van der Waals surface area contributed by atoms with Crippen molar-refractivity contribution >= 4 is 18.0 Å². The summed E-state index contributed by atoms with van der Waals surface area (Å²) in [4.78, 5) is 44.1. The third-order valence-electron chi connectivity index (χ3n) is 10.1. The van der Waals surface area contributed by atoms with Crippen LogP contribution in [0.5, 0.6) is 6.01 Å². The van der Waals surface area contributed by atoms with Gasteiger partial charge in [-0.3, -0.25) is 9.80 Å². The zero-order chi connectivity index (χ0) is 32.1. The highest BCUT2D eigenvalue weighted by Gasteiger charge is 2.50. The maximum Gasteiger partial charge on any atom is 0.410 e. The number of benzene rings is 1. The Hall–Kier alpha value is -3.67. The lowest BCUT2D eigenvalue weighted by Gasteiger charge is -2.42. The Balaban J connectivity index is 1.11. The van der Waals surface area contributed by atoms with Gasteiger partial charge in [-0.15, -0.1) is 0 Å². The van der Waals surface area contributed by atoms with Gasteiger partial charge in [0, 0.05) is 38.2 Å². The second-order valence-electron chi connectivity index (χ2n) is 14.5. The van der Waals surface area contributed by atoms with E-state index < -0.39 is 11.8 Å². The molecule has 4 atom stereocenters. The fraction of sp³-hybridized carbons (Fsp3) is 0.647. The van der Waals surface area contributed by atoms with Gasteiger partial charge in [0.1, 0.15) is 30.8 Å². The molecule has 1 aromatic carbocycles. The van der Waals surface area contributed by atoms with Crippen LogP contribution in [0.3, 0.4) is 0 Å². The highest BCUT2D eigenvalue weighted by atomic mass is 19.1. The van der Waals surface area contributed by atoms with Gasteiger partial charge < -0.3 is 24.0 Å². The number of fused-ring (bicyclic) bond motifs is 4. The van der Waals surface area contributed by atoms with Crippen LogP contribution in [-0.4, -0.2) is 106 Å². The molecule has 2 bridgehead atoms. The molecule has 2 aromatic rings. The minimum absolute atomic E-state index is 0.00442. The fourth-order valence-electron chi connectivity index (χ4n) is 8.01. The van der Waals surface area contributed by atoms with Crippen molar-refractivity contribution in [3.05, 3.63) is 47.2 Å². The number of carbonyl (C=O) groups excluding carboxylic acids is 2. The van der Waals surface area contributed by atoms with Crippen molar-refractivity contribution in [2.75, 3.05) is 44.2 Å². The molecule has 4 fully saturated rings. The summed E-state index contributed by atoms with van der Waals surface area (Å²) in [5, 5.41) is 0. The molecule has 0 radical (unpaired) electrons. The van der Waals surface area contributed by atoms with Crippen molar-refractivity contribution in [3.8, 4) is 6.01 Å². The molecule has 0 N–H and O–H groups in total. The monoisotopic (exact) mass is 636 g/mol. The molecular weight excluding hydrogens is 591 g/mol. The Kier molecular flexibility index (Phi) is 8.19. The average Bonchev–Trinajstić information content (AvgIpc) is 3.64. The summed E-state index contributed by atoms with van der Waals surface area (Å²) in [6.07, 6.45) is 3.26. The van der Waals surface area contributed by atoms with Crippen molar-refractivity contribution in [2.45, 2.75) is 102 Å². The van der Waals surface area contributed by atoms with E-state index in [1.165, 1.54) is 0 Å². The molecule has 12 heteroatoms. The number of hydrogen-bond acceptors (Lipinski definition) is 9. The van der Waals surface area contributed by atoms with Crippen LogP contribution in [0.15, 0.2) is 30.3 Å². The normalized spacial score (nSPS) is 27.4. The number of alkyl halides is 1. The van der Waals surface area contributed by atoms with Gasteiger partial charge in [-0.1, -0.05) is 30.3 Å². The van der Waals surface area contributed by atoms with Crippen LogP contribution < -0.4 is 9.64 Å². The van der Waals surface area contributed by atoms with E-state index in [4.69, 9.17) is 24.2 Å². The summed E-state index contributed by atoms with van der Waals surface area (Å²) in [6.45, 7) is 9.51. The van der Waals surface area contributed by atoms with Gasteiger partial charge in [0.15, 0.2) is 0 Å². The van der Waals surface area contributed by atoms with Crippen LogP contribution >= 0.6 is 0 Å². The molecule has 5 aliphatic rings. The van der Waals surface area contributed by atoms with E-state index in [0.717, 1.165) is 54.9 Å². The van der Waals surface area contributed by atoms with Crippen LogP contribution in [0.1, 0.15) is 69.7 Å². The Bertz CT molecular complexity index is 1440. The number of hydrogen-bond donors (Lipinski definition) is 0. The van der Waals surface area contributed by atoms with E-state index in [0.29, 0.717) is 52.2 Å². The quantitative estimate of drug-likeness (QED) is 0.446. The number of nitrogens with zero attached hydrogens (tertiary/aromatic N) is 6. The van der Waals surface area contributed by atoms with E-state index >= 15 is 0 Å². The third kappa shape index (κ3) is 6.20. The standard InChI is InChI=1S/C34H45FN6O5/c1-33(2,3)46-31(42)38-15-12-27-28(20-38)36-30(45-22-34-13-7-14-40(34)17-24(35)16-34)37-29(27)39-18-25-10-11-26(19-39)41(25)32(43)44-21-23-8-5-4-6-9-23/h4-6,8-9,24-26H,7,10-22H2,1-3H3/t24-,25?,26?,34+/m1/s1. The lowest BCUT2D eigenvalue weighted by atomic mass is 9.95. The summed E-state index contributed by atoms with van der Waals surface area (Å²) in [5.74, 6) is 0.800. The first-order valence-corrected chi connectivity index (χ1v) is 16.7. The van der Waals surface area contributed by atoms with Gasteiger partial charge in [0.2, 0.25) is 0 Å². The fourth-order valence-corrected chi connectivity index (χ4v) is 8.01. The molecule has 1 aromatic heterocycles. The van der Waals surface area contributed by atoms with Gasteiger partial charge in [0.05, 0.1) is 29.9 Å². The summed E-state index contributed by atoms with van der Waals surface area (Å²) < 4.78 is 32.2. The number of rotatable bonds is 6. The van der Waals surface area contributed by atoms with Crippen molar-refractivity contribution < 1.29 is 28.2 Å². The second-order valence-corrected chi connectivity index (χ2v) is 14.5. The number of ether oxygens (including phenoxy) is 3. The summed E-state index contributed by atoms with van der Waals surface area (Å²) in [6, 6.07) is 9.98. The molecule has 2 unspecified atom stereocenters. The lowest BCUT2D eigenvalue weighted by Crippen LogP contribution is -2.56. The lowest BCUT2D eigenvalue weighted by molar-refractivity contribution is 0.0219. The second kappa shape index (κ2) is 12.2. The number of carbonyl (C=O) groups is 2. The highest BCUT2D eigenvalue weighted by Crippen LogP contribution is 2.41. The van der Waals surface area contributed by atoms with Gasteiger partial charge >= 0.3 is 18.2 Å². The predicted octanol–water partition coefficient (Wildman–Crippen LogP) is 4.71. The maximum absolute atomic E-state index is 14.5. The van der Waals surface area contributed by atoms with E-state index in [1.54, 1.807) is 4.90 Å².